The summed E-state index contributed by atoms with van der Waals surface area (Å²) in [6.07, 6.45) is 3.95. The number of aromatic nitrogens is 1. The van der Waals surface area contributed by atoms with E-state index in [9.17, 15) is 8.42 Å². The van der Waals surface area contributed by atoms with Gasteiger partial charge in [0.25, 0.3) is 0 Å². The van der Waals surface area contributed by atoms with Gasteiger partial charge >= 0.3 is 0 Å². The molecule has 0 atom stereocenters. The fraction of sp³-hybridized carbons (Fsp3) is 0.114. The Balaban J connectivity index is 1.55. The summed E-state index contributed by atoms with van der Waals surface area (Å²) < 4.78 is 34.6. The number of allylic oxidation sites excluding steroid dienone is 1. The van der Waals surface area contributed by atoms with Gasteiger partial charge < -0.3 is 9.30 Å². The van der Waals surface area contributed by atoms with Gasteiger partial charge in [0, 0.05) is 34.8 Å². The maximum absolute atomic E-state index is 13.1. The molecule has 206 valence electrons. The molecule has 0 amide bonds. The summed E-state index contributed by atoms with van der Waals surface area (Å²) in [5.41, 5.74) is 7.15. The first kappa shape index (κ1) is 28.3. The van der Waals surface area contributed by atoms with Gasteiger partial charge in [0.15, 0.2) is 9.84 Å². The molecule has 0 radical (unpaired) electrons. The van der Waals surface area contributed by atoms with Crippen LogP contribution in [0.1, 0.15) is 19.4 Å². The predicted octanol–water partition coefficient (Wildman–Crippen LogP) is 9.08. The lowest BCUT2D eigenvalue weighted by Gasteiger charge is -2.15. The average molecular weight is 578 g/mol. The van der Waals surface area contributed by atoms with Crippen molar-refractivity contribution in [2.75, 3.05) is 6.61 Å². The van der Waals surface area contributed by atoms with Gasteiger partial charge in [-0.15, -0.1) is 0 Å². The molecule has 6 heteroatoms. The summed E-state index contributed by atoms with van der Waals surface area (Å²) in [6.45, 7) is 8.64. The highest BCUT2D eigenvalue weighted by Crippen LogP contribution is 2.35. The standard InChI is InChI=1S/C35H31NO3S2/c1-4-39-34-16-9-8-15-31(34)28-13-10-14-29(21-28)33-23-36(25(2)3)22-32(35(33)40)27-17-19-30(20-18-27)41(37,38)24-26-11-6-5-7-12-26/h5-23H,2,4,24H2,1,3H3. The zero-order valence-corrected chi connectivity index (χ0v) is 24.7. The summed E-state index contributed by atoms with van der Waals surface area (Å²) in [6, 6.07) is 32.4. The van der Waals surface area contributed by atoms with Crippen molar-refractivity contribution in [2.45, 2.75) is 24.5 Å². The van der Waals surface area contributed by atoms with Gasteiger partial charge in [-0.1, -0.05) is 97.7 Å². The lowest BCUT2D eigenvalue weighted by molar-refractivity contribution is 0.341. The number of para-hydroxylation sites is 1. The zero-order chi connectivity index (χ0) is 29.0. The third kappa shape index (κ3) is 6.24. The first-order chi connectivity index (χ1) is 19.8. The molecule has 5 aromatic rings. The van der Waals surface area contributed by atoms with Crippen LogP contribution in [0.4, 0.5) is 0 Å². The van der Waals surface area contributed by atoms with Crippen LogP contribution >= 0.6 is 12.2 Å². The second kappa shape index (κ2) is 12.1. The van der Waals surface area contributed by atoms with Crippen molar-refractivity contribution in [1.82, 2.24) is 4.57 Å². The number of sulfone groups is 1. The normalized spacial score (nSPS) is 11.3. The summed E-state index contributed by atoms with van der Waals surface area (Å²) in [5.74, 6) is 0.784. The van der Waals surface area contributed by atoms with Crippen LogP contribution in [0.15, 0.2) is 127 Å². The van der Waals surface area contributed by atoms with Crippen LogP contribution in [-0.2, 0) is 15.6 Å². The van der Waals surface area contributed by atoms with E-state index in [0.717, 1.165) is 50.4 Å². The quantitative estimate of drug-likeness (QED) is 0.164. The number of nitrogens with zero attached hydrogens (tertiary/aromatic N) is 1. The molecule has 4 nitrogen and oxygen atoms in total. The smallest absolute Gasteiger partial charge is 0.182 e. The van der Waals surface area contributed by atoms with E-state index in [1.54, 1.807) is 12.1 Å². The number of hydrogen-bond acceptors (Lipinski definition) is 4. The highest BCUT2D eigenvalue weighted by atomic mass is 32.2. The highest BCUT2D eigenvalue weighted by Gasteiger charge is 2.17. The van der Waals surface area contributed by atoms with E-state index in [1.807, 2.05) is 104 Å². The Morgan fingerprint density at radius 1 is 0.780 bits per heavy atom. The van der Waals surface area contributed by atoms with Crippen molar-refractivity contribution in [2.24, 2.45) is 0 Å². The average Bonchev–Trinajstić information content (AvgIpc) is 2.98. The van der Waals surface area contributed by atoms with E-state index < -0.39 is 9.84 Å². The third-order valence-corrected chi connectivity index (χ3v) is 9.01. The van der Waals surface area contributed by atoms with Crippen molar-refractivity contribution < 1.29 is 13.2 Å². The first-order valence-corrected chi connectivity index (χ1v) is 15.4. The zero-order valence-electron chi connectivity index (χ0n) is 23.1. The van der Waals surface area contributed by atoms with Crippen molar-refractivity contribution in [1.29, 1.82) is 0 Å². The molecule has 0 spiro atoms. The Labute approximate surface area is 247 Å². The van der Waals surface area contributed by atoms with E-state index >= 15 is 0 Å². The minimum atomic E-state index is -3.49. The molecule has 0 aliphatic carbocycles. The van der Waals surface area contributed by atoms with Crippen LogP contribution in [0.5, 0.6) is 5.75 Å². The highest BCUT2D eigenvalue weighted by molar-refractivity contribution is 7.90. The van der Waals surface area contributed by atoms with Crippen molar-refractivity contribution in [3.63, 3.8) is 0 Å². The van der Waals surface area contributed by atoms with Gasteiger partial charge in [-0.05, 0) is 60.4 Å². The molecular formula is C35H31NO3S2. The Morgan fingerprint density at radius 3 is 2.05 bits per heavy atom. The van der Waals surface area contributed by atoms with Crippen LogP contribution < -0.4 is 4.74 Å². The van der Waals surface area contributed by atoms with Crippen LogP contribution in [0.2, 0.25) is 0 Å². The predicted molar refractivity (Wildman–Crippen MR) is 171 cm³/mol. The van der Waals surface area contributed by atoms with Crippen molar-refractivity contribution in [3.8, 4) is 39.1 Å². The number of ether oxygens (including phenoxy) is 1. The summed E-state index contributed by atoms with van der Waals surface area (Å²) >= 11 is 6.04. The van der Waals surface area contributed by atoms with Gasteiger partial charge in [0.05, 0.1) is 21.8 Å². The molecule has 0 N–H and O–H groups in total. The molecule has 0 aliphatic rings. The molecular weight excluding hydrogens is 547 g/mol. The van der Waals surface area contributed by atoms with E-state index in [2.05, 4.69) is 24.8 Å². The molecule has 0 aliphatic heterocycles. The molecule has 1 aromatic heterocycles. The molecule has 5 rings (SSSR count). The Kier molecular flexibility index (Phi) is 8.34. The SMILES string of the molecule is C=C(C)n1cc(-c2ccc(S(=O)(=O)Cc3ccccc3)cc2)c(=S)c(-c2cccc(-c3ccccc3OCC)c2)c1. The molecule has 41 heavy (non-hydrogen) atoms. The van der Waals surface area contributed by atoms with Crippen molar-refractivity contribution >= 4 is 27.8 Å². The Morgan fingerprint density at radius 2 is 1.39 bits per heavy atom. The minimum Gasteiger partial charge on any atom is -0.493 e. The largest absolute Gasteiger partial charge is 0.493 e. The van der Waals surface area contributed by atoms with Gasteiger partial charge in [-0.3, -0.25) is 0 Å². The molecule has 0 saturated carbocycles. The molecule has 0 unspecified atom stereocenters. The summed E-state index contributed by atoms with van der Waals surface area (Å²) in [4.78, 5) is 0.278. The number of pyridine rings is 1. The van der Waals surface area contributed by atoms with Gasteiger partial charge in [-0.2, -0.15) is 0 Å². The van der Waals surface area contributed by atoms with E-state index in [0.29, 0.717) is 11.1 Å². The molecule has 0 saturated heterocycles. The minimum absolute atomic E-state index is 0.0482. The van der Waals surface area contributed by atoms with Crippen molar-refractivity contribution in [3.05, 3.63) is 132 Å². The third-order valence-electron chi connectivity index (χ3n) is 6.86. The topological polar surface area (TPSA) is 48.3 Å². The van der Waals surface area contributed by atoms with Crippen LogP contribution in [0.25, 0.3) is 39.1 Å². The molecule has 0 fully saturated rings. The molecule has 4 aromatic carbocycles. The Bertz CT molecular complexity index is 1870. The van der Waals surface area contributed by atoms with E-state index in [-0.39, 0.29) is 10.6 Å². The number of benzene rings is 4. The fourth-order valence-electron chi connectivity index (χ4n) is 4.77. The van der Waals surface area contributed by atoms with E-state index in [1.165, 1.54) is 0 Å². The lowest BCUT2D eigenvalue weighted by Crippen LogP contribution is -2.05. The van der Waals surface area contributed by atoms with Gasteiger partial charge in [-0.25, -0.2) is 8.42 Å². The summed E-state index contributed by atoms with van der Waals surface area (Å²) in [7, 11) is -3.49. The van der Waals surface area contributed by atoms with Crippen LogP contribution in [0, 0.1) is 4.51 Å². The number of hydrogen-bond donors (Lipinski definition) is 0. The van der Waals surface area contributed by atoms with E-state index in [4.69, 9.17) is 17.0 Å². The maximum Gasteiger partial charge on any atom is 0.182 e. The van der Waals surface area contributed by atoms with Crippen LogP contribution in [0.3, 0.4) is 0 Å². The fourth-order valence-corrected chi connectivity index (χ4v) is 6.46. The molecule has 0 bridgehead atoms. The van der Waals surface area contributed by atoms with Crippen LogP contribution in [-0.4, -0.2) is 19.6 Å². The molecule has 1 heterocycles. The lowest BCUT2D eigenvalue weighted by atomic mass is 9.97. The summed E-state index contributed by atoms with van der Waals surface area (Å²) in [5, 5.41) is 0. The Hall–Kier alpha value is -4.26. The second-order valence-corrected chi connectivity index (χ2v) is 12.2. The second-order valence-electron chi connectivity index (χ2n) is 9.84. The van der Waals surface area contributed by atoms with Gasteiger partial charge in [0.1, 0.15) is 5.75 Å². The first-order valence-electron chi connectivity index (χ1n) is 13.4. The van der Waals surface area contributed by atoms with Gasteiger partial charge in [0.2, 0.25) is 0 Å². The maximum atomic E-state index is 13.1. The monoisotopic (exact) mass is 577 g/mol. The number of rotatable bonds is 9.